The van der Waals surface area contributed by atoms with E-state index in [1.165, 1.54) is 17.3 Å². The number of carbonyl (C=O) groups excluding carboxylic acids is 2. The number of aryl methyl sites for hydroxylation is 1. The Morgan fingerprint density at radius 2 is 1.67 bits per heavy atom. The lowest BCUT2D eigenvalue weighted by Gasteiger charge is -2.05. The lowest BCUT2D eigenvalue weighted by atomic mass is 10.2. The molecule has 0 aliphatic heterocycles. The Balaban J connectivity index is 1.76. The van der Waals surface area contributed by atoms with Gasteiger partial charge in [-0.2, -0.15) is 0 Å². The molecule has 0 radical (unpaired) electrons. The Labute approximate surface area is 128 Å². The molecule has 0 atom stereocenters. The van der Waals surface area contributed by atoms with Crippen LogP contribution in [0, 0.1) is 6.92 Å². The molecule has 0 unspecified atom stereocenters. The van der Waals surface area contributed by atoms with E-state index in [1.807, 2.05) is 49.4 Å². The summed E-state index contributed by atoms with van der Waals surface area (Å²) in [6.07, 6.45) is -0.0895. The summed E-state index contributed by atoms with van der Waals surface area (Å²) in [6, 6.07) is 17.1. The molecule has 0 spiro atoms. The molecule has 0 fully saturated rings. The predicted octanol–water partition coefficient (Wildman–Crippen LogP) is 3.69. The van der Waals surface area contributed by atoms with Crippen molar-refractivity contribution in [3.05, 3.63) is 60.2 Å². The first kappa shape index (κ1) is 15.3. The van der Waals surface area contributed by atoms with Gasteiger partial charge >= 0.3 is 0 Å². The second-order valence-corrected chi connectivity index (χ2v) is 5.78. The van der Waals surface area contributed by atoms with E-state index in [1.54, 1.807) is 12.1 Å². The van der Waals surface area contributed by atoms with E-state index >= 15 is 0 Å². The smallest absolute Gasteiger partial charge is 0.231 e. The molecule has 0 aliphatic rings. The number of carbonyl (C=O) groups is 2. The van der Waals surface area contributed by atoms with Crippen LogP contribution in [0.25, 0.3) is 0 Å². The van der Waals surface area contributed by atoms with E-state index in [-0.39, 0.29) is 18.1 Å². The summed E-state index contributed by atoms with van der Waals surface area (Å²) in [5.74, 6) is -0.0321. The second kappa shape index (κ2) is 7.64. The van der Waals surface area contributed by atoms with Crippen molar-refractivity contribution in [2.45, 2.75) is 18.2 Å². The minimum atomic E-state index is -0.268. The van der Waals surface area contributed by atoms with Gasteiger partial charge in [-0.05, 0) is 31.2 Å². The number of thioether (sulfide) groups is 1. The number of hydrogen-bond acceptors (Lipinski definition) is 3. The van der Waals surface area contributed by atoms with Gasteiger partial charge in [-0.25, -0.2) is 0 Å². The molecule has 2 aromatic rings. The maximum absolute atomic E-state index is 11.8. The van der Waals surface area contributed by atoms with Crippen molar-refractivity contribution >= 4 is 29.1 Å². The van der Waals surface area contributed by atoms with Gasteiger partial charge in [0.15, 0.2) is 5.78 Å². The van der Waals surface area contributed by atoms with Crippen molar-refractivity contribution in [2.75, 3.05) is 11.1 Å². The van der Waals surface area contributed by atoms with Gasteiger partial charge in [-0.3, -0.25) is 9.59 Å². The average Bonchev–Trinajstić information content (AvgIpc) is 2.47. The zero-order valence-corrected chi connectivity index (χ0v) is 12.7. The summed E-state index contributed by atoms with van der Waals surface area (Å²) >= 11 is 1.46. The average molecular weight is 299 g/mol. The minimum Gasteiger partial charge on any atom is -0.326 e. The fraction of sp³-hybridized carbons (Fsp3) is 0.176. The van der Waals surface area contributed by atoms with E-state index in [0.717, 1.165) is 4.90 Å². The van der Waals surface area contributed by atoms with Crippen LogP contribution in [0.15, 0.2) is 59.5 Å². The van der Waals surface area contributed by atoms with Gasteiger partial charge in [-0.15, -0.1) is 11.8 Å². The van der Waals surface area contributed by atoms with E-state index in [0.29, 0.717) is 11.4 Å². The van der Waals surface area contributed by atoms with Crippen LogP contribution in [-0.2, 0) is 9.59 Å². The summed E-state index contributed by atoms with van der Waals surface area (Å²) in [7, 11) is 0. The molecule has 0 heterocycles. The third kappa shape index (κ3) is 5.44. The SMILES string of the molecule is Cc1ccc(SCC(=O)CC(=O)Nc2ccccc2)cc1. The predicted molar refractivity (Wildman–Crippen MR) is 86.6 cm³/mol. The fourth-order valence-electron chi connectivity index (χ4n) is 1.76. The minimum absolute atomic E-state index is 0.0750. The third-order valence-electron chi connectivity index (χ3n) is 2.84. The molecule has 1 N–H and O–H groups in total. The Hall–Kier alpha value is -2.07. The third-order valence-corrected chi connectivity index (χ3v) is 3.91. The topological polar surface area (TPSA) is 46.2 Å². The quantitative estimate of drug-likeness (QED) is 0.653. The first-order valence-electron chi connectivity index (χ1n) is 6.69. The molecule has 3 nitrogen and oxygen atoms in total. The Kier molecular flexibility index (Phi) is 5.58. The molecule has 0 saturated carbocycles. The lowest BCUT2D eigenvalue weighted by molar-refractivity contribution is -0.123. The fourth-order valence-corrected chi connectivity index (χ4v) is 2.51. The Morgan fingerprint density at radius 1 is 1.00 bits per heavy atom. The number of nitrogens with one attached hydrogen (secondary N) is 1. The van der Waals surface area contributed by atoms with Crippen molar-refractivity contribution in [1.82, 2.24) is 0 Å². The highest BCUT2D eigenvalue weighted by atomic mass is 32.2. The number of anilines is 1. The number of benzene rings is 2. The second-order valence-electron chi connectivity index (χ2n) is 4.73. The monoisotopic (exact) mass is 299 g/mol. The van der Waals surface area contributed by atoms with Gasteiger partial charge < -0.3 is 5.32 Å². The lowest BCUT2D eigenvalue weighted by Crippen LogP contribution is -2.17. The van der Waals surface area contributed by atoms with Crippen molar-refractivity contribution in [3.8, 4) is 0 Å². The normalized spacial score (nSPS) is 10.1. The molecule has 0 saturated heterocycles. The molecule has 0 bridgehead atoms. The van der Waals surface area contributed by atoms with E-state index in [2.05, 4.69) is 5.32 Å². The Bertz CT molecular complexity index is 608. The summed E-state index contributed by atoms with van der Waals surface area (Å²) < 4.78 is 0. The summed E-state index contributed by atoms with van der Waals surface area (Å²) in [5, 5.41) is 2.71. The molecule has 108 valence electrons. The van der Waals surface area contributed by atoms with Gasteiger partial charge in [0, 0.05) is 10.6 Å². The van der Waals surface area contributed by atoms with Crippen molar-refractivity contribution < 1.29 is 9.59 Å². The van der Waals surface area contributed by atoms with Gasteiger partial charge in [0.1, 0.15) is 0 Å². The van der Waals surface area contributed by atoms with Crippen LogP contribution in [-0.4, -0.2) is 17.4 Å². The Morgan fingerprint density at radius 3 is 2.33 bits per heavy atom. The van der Waals surface area contributed by atoms with Gasteiger partial charge in [0.05, 0.1) is 12.2 Å². The first-order chi connectivity index (χ1) is 10.1. The van der Waals surface area contributed by atoms with Crippen LogP contribution in [0.2, 0.25) is 0 Å². The molecule has 21 heavy (non-hydrogen) atoms. The van der Waals surface area contributed by atoms with E-state index in [9.17, 15) is 9.59 Å². The number of para-hydroxylation sites is 1. The van der Waals surface area contributed by atoms with Crippen molar-refractivity contribution in [2.24, 2.45) is 0 Å². The molecule has 2 rings (SSSR count). The number of rotatable bonds is 6. The number of hydrogen-bond donors (Lipinski definition) is 1. The van der Waals surface area contributed by atoms with E-state index in [4.69, 9.17) is 0 Å². The van der Waals surface area contributed by atoms with Crippen molar-refractivity contribution in [1.29, 1.82) is 0 Å². The number of ketones is 1. The zero-order valence-electron chi connectivity index (χ0n) is 11.8. The molecule has 2 aromatic carbocycles. The molecular formula is C17H17NO2S. The number of amides is 1. The van der Waals surface area contributed by atoms with Crippen LogP contribution in [0.4, 0.5) is 5.69 Å². The largest absolute Gasteiger partial charge is 0.326 e. The van der Waals surface area contributed by atoms with Crippen LogP contribution in [0.3, 0.4) is 0 Å². The molecule has 1 amide bonds. The highest BCUT2D eigenvalue weighted by Gasteiger charge is 2.10. The maximum Gasteiger partial charge on any atom is 0.231 e. The van der Waals surface area contributed by atoms with Crippen LogP contribution in [0.5, 0.6) is 0 Å². The maximum atomic E-state index is 11.8. The van der Waals surface area contributed by atoms with Crippen LogP contribution in [0.1, 0.15) is 12.0 Å². The van der Waals surface area contributed by atoms with Gasteiger partial charge in [0.25, 0.3) is 0 Å². The summed E-state index contributed by atoms with van der Waals surface area (Å²) in [5.41, 5.74) is 1.90. The van der Waals surface area contributed by atoms with Gasteiger partial charge in [-0.1, -0.05) is 35.9 Å². The highest BCUT2D eigenvalue weighted by molar-refractivity contribution is 8.00. The van der Waals surface area contributed by atoms with E-state index < -0.39 is 0 Å². The molecule has 0 aromatic heterocycles. The van der Waals surface area contributed by atoms with Crippen molar-refractivity contribution in [3.63, 3.8) is 0 Å². The molecule has 0 aliphatic carbocycles. The zero-order chi connectivity index (χ0) is 15.1. The summed E-state index contributed by atoms with van der Waals surface area (Å²) in [4.78, 5) is 24.6. The first-order valence-corrected chi connectivity index (χ1v) is 7.68. The number of Topliss-reactive ketones (excluding diaryl/α,β-unsaturated/α-hetero) is 1. The van der Waals surface area contributed by atoms with Crippen LogP contribution >= 0.6 is 11.8 Å². The summed E-state index contributed by atoms with van der Waals surface area (Å²) in [6.45, 7) is 2.02. The molecular weight excluding hydrogens is 282 g/mol. The molecule has 4 heteroatoms. The standard InChI is InChI=1S/C17H17NO2S/c1-13-7-9-16(10-8-13)21-12-15(19)11-17(20)18-14-5-3-2-4-6-14/h2-10H,11-12H2,1H3,(H,18,20). The highest BCUT2D eigenvalue weighted by Crippen LogP contribution is 2.18. The van der Waals surface area contributed by atoms with Crippen LogP contribution < -0.4 is 5.32 Å². The van der Waals surface area contributed by atoms with Gasteiger partial charge in [0.2, 0.25) is 5.91 Å².